The number of aromatic nitrogens is 2. The summed E-state index contributed by atoms with van der Waals surface area (Å²) in [7, 11) is 0. The van der Waals surface area contributed by atoms with Crippen molar-refractivity contribution in [2.75, 3.05) is 18.4 Å². The summed E-state index contributed by atoms with van der Waals surface area (Å²) >= 11 is 5.89. The zero-order valence-corrected chi connectivity index (χ0v) is 21.6. The van der Waals surface area contributed by atoms with Gasteiger partial charge in [-0.25, -0.2) is 13.9 Å². The van der Waals surface area contributed by atoms with Gasteiger partial charge in [-0.15, -0.1) is 0 Å². The van der Waals surface area contributed by atoms with Gasteiger partial charge in [0.05, 0.1) is 28.2 Å². The van der Waals surface area contributed by atoms with Crippen LogP contribution in [0.3, 0.4) is 0 Å². The Balaban J connectivity index is 1.62. The predicted octanol–water partition coefficient (Wildman–Crippen LogP) is 6.34. The number of ether oxygens (including phenoxy) is 1. The normalized spacial score (nSPS) is 14.6. The maximum Gasteiger partial charge on any atom is 0.410 e. The van der Waals surface area contributed by atoms with Gasteiger partial charge in [0.1, 0.15) is 11.4 Å². The molecule has 1 aliphatic heterocycles. The molecule has 1 aromatic heterocycles. The van der Waals surface area contributed by atoms with Crippen LogP contribution < -0.4 is 5.32 Å². The average Bonchev–Trinajstić information content (AvgIpc) is 3.26. The first kappa shape index (κ1) is 25.7. The number of carbonyl (C=O) groups excluding carboxylic acids is 2. The number of benzene rings is 2. The summed E-state index contributed by atoms with van der Waals surface area (Å²) in [6.07, 6.45) is 2.52. The highest BCUT2D eigenvalue weighted by atomic mass is 35.5. The van der Waals surface area contributed by atoms with Gasteiger partial charge in [0.25, 0.3) is 5.91 Å². The van der Waals surface area contributed by atoms with Gasteiger partial charge in [0.2, 0.25) is 0 Å². The standard InChI is InChI=1S/C27H30ClFN4O3/c1-17-6-5-7-20(14-17)33-24(18-10-12-32(13-11-18)26(35)36-27(2,3)4)21(16-30-33)25(34)31-19-8-9-23(29)22(28)15-19/h5-9,14-16,18H,10-13H2,1-4H3,(H,31,34). The molecular weight excluding hydrogens is 483 g/mol. The molecule has 2 amide bonds. The quantitative estimate of drug-likeness (QED) is 0.442. The van der Waals surface area contributed by atoms with Crippen molar-refractivity contribution in [1.82, 2.24) is 14.7 Å². The summed E-state index contributed by atoms with van der Waals surface area (Å²) in [5, 5.41) is 7.30. The van der Waals surface area contributed by atoms with Crippen molar-refractivity contribution in [3.63, 3.8) is 0 Å². The van der Waals surface area contributed by atoms with Crippen LogP contribution in [0.2, 0.25) is 5.02 Å². The number of anilines is 1. The van der Waals surface area contributed by atoms with E-state index in [1.807, 2.05) is 52.0 Å². The van der Waals surface area contributed by atoms with Crippen LogP contribution in [0, 0.1) is 12.7 Å². The summed E-state index contributed by atoms with van der Waals surface area (Å²) < 4.78 is 20.9. The molecule has 0 spiro atoms. The predicted molar refractivity (Wildman–Crippen MR) is 137 cm³/mol. The number of carbonyl (C=O) groups is 2. The molecule has 0 atom stereocenters. The van der Waals surface area contributed by atoms with Gasteiger partial charge in [-0.3, -0.25) is 4.79 Å². The Morgan fingerprint density at radius 2 is 1.86 bits per heavy atom. The van der Waals surface area contributed by atoms with E-state index in [4.69, 9.17) is 16.3 Å². The SMILES string of the molecule is Cc1cccc(-n2ncc(C(=O)Nc3ccc(F)c(Cl)c3)c2C2CCN(C(=O)OC(C)(C)C)CC2)c1. The van der Waals surface area contributed by atoms with Crippen molar-refractivity contribution < 1.29 is 18.7 Å². The highest BCUT2D eigenvalue weighted by Gasteiger charge is 2.32. The van der Waals surface area contributed by atoms with E-state index in [9.17, 15) is 14.0 Å². The smallest absolute Gasteiger partial charge is 0.410 e. The Kier molecular flexibility index (Phi) is 7.36. The second-order valence-electron chi connectivity index (χ2n) is 10.0. The topological polar surface area (TPSA) is 76.5 Å². The van der Waals surface area contributed by atoms with Gasteiger partial charge in [-0.2, -0.15) is 5.10 Å². The van der Waals surface area contributed by atoms with E-state index >= 15 is 0 Å². The van der Waals surface area contributed by atoms with Gasteiger partial charge in [0, 0.05) is 24.7 Å². The van der Waals surface area contributed by atoms with Crippen LogP contribution in [0.5, 0.6) is 0 Å². The number of hydrogen-bond donors (Lipinski definition) is 1. The van der Waals surface area contributed by atoms with E-state index in [1.165, 1.54) is 18.2 Å². The number of likely N-dealkylation sites (tertiary alicyclic amines) is 1. The number of piperidine rings is 1. The number of halogens is 2. The Morgan fingerprint density at radius 1 is 1.14 bits per heavy atom. The van der Waals surface area contributed by atoms with E-state index in [1.54, 1.807) is 15.8 Å². The highest BCUT2D eigenvalue weighted by molar-refractivity contribution is 6.31. The molecule has 0 aliphatic carbocycles. The number of hydrogen-bond acceptors (Lipinski definition) is 4. The molecule has 190 valence electrons. The van der Waals surface area contributed by atoms with Gasteiger partial charge in [-0.1, -0.05) is 23.7 Å². The fourth-order valence-corrected chi connectivity index (χ4v) is 4.51. The molecule has 0 radical (unpaired) electrons. The molecule has 3 aromatic rings. The number of rotatable bonds is 4. The van der Waals surface area contributed by atoms with Gasteiger partial charge >= 0.3 is 6.09 Å². The van der Waals surface area contributed by atoms with Crippen LogP contribution in [0.1, 0.15) is 61.1 Å². The van der Waals surface area contributed by atoms with Crippen molar-refractivity contribution in [2.24, 2.45) is 0 Å². The fraction of sp³-hybridized carbons (Fsp3) is 0.370. The maximum absolute atomic E-state index is 13.6. The number of aryl methyl sites for hydroxylation is 1. The molecule has 1 aliphatic rings. The number of amides is 2. The molecule has 36 heavy (non-hydrogen) atoms. The summed E-state index contributed by atoms with van der Waals surface area (Å²) in [6, 6.07) is 11.9. The van der Waals surface area contributed by atoms with E-state index < -0.39 is 11.4 Å². The van der Waals surface area contributed by atoms with E-state index in [2.05, 4.69) is 10.4 Å². The Hall–Kier alpha value is -3.39. The first-order valence-corrected chi connectivity index (χ1v) is 12.3. The molecule has 4 rings (SSSR count). The summed E-state index contributed by atoms with van der Waals surface area (Å²) in [5.74, 6) is -0.926. The monoisotopic (exact) mass is 512 g/mol. The fourth-order valence-electron chi connectivity index (χ4n) is 4.33. The second kappa shape index (κ2) is 10.3. The van der Waals surface area contributed by atoms with E-state index in [-0.39, 0.29) is 22.9 Å². The van der Waals surface area contributed by atoms with Crippen LogP contribution >= 0.6 is 11.6 Å². The zero-order valence-electron chi connectivity index (χ0n) is 20.8. The summed E-state index contributed by atoms with van der Waals surface area (Å²) in [6.45, 7) is 8.55. The van der Waals surface area contributed by atoms with Crippen LogP contribution in [0.4, 0.5) is 14.9 Å². The third-order valence-electron chi connectivity index (χ3n) is 6.01. The van der Waals surface area contributed by atoms with Gasteiger partial charge in [-0.05, 0) is 76.4 Å². The first-order valence-electron chi connectivity index (χ1n) is 11.9. The van der Waals surface area contributed by atoms with Crippen molar-refractivity contribution in [1.29, 1.82) is 0 Å². The Morgan fingerprint density at radius 3 is 2.50 bits per heavy atom. The molecule has 1 saturated heterocycles. The lowest BCUT2D eigenvalue weighted by molar-refractivity contribution is 0.0203. The summed E-state index contributed by atoms with van der Waals surface area (Å²) in [4.78, 5) is 27.6. The lowest BCUT2D eigenvalue weighted by atomic mass is 9.90. The minimum atomic E-state index is -0.563. The average molecular weight is 513 g/mol. The molecule has 7 nitrogen and oxygen atoms in total. The molecule has 2 aromatic carbocycles. The molecule has 9 heteroatoms. The zero-order chi connectivity index (χ0) is 26.0. The van der Waals surface area contributed by atoms with Crippen LogP contribution in [-0.4, -0.2) is 45.4 Å². The molecule has 1 fully saturated rings. The lowest BCUT2D eigenvalue weighted by Crippen LogP contribution is -2.41. The number of nitrogens with one attached hydrogen (secondary N) is 1. The second-order valence-corrected chi connectivity index (χ2v) is 10.4. The van der Waals surface area contributed by atoms with Gasteiger partial charge in [0.15, 0.2) is 0 Å². The van der Waals surface area contributed by atoms with Crippen LogP contribution in [0.25, 0.3) is 5.69 Å². The first-order chi connectivity index (χ1) is 17.0. The summed E-state index contributed by atoms with van der Waals surface area (Å²) in [5.41, 5.74) is 2.94. The highest BCUT2D eigenvalue weighted by Crippen LogP contribution is 2.33. The molecule has 1 N–H and O–H groups in total. The van der Waals surface area contributed by atoms with Crippen molar-refractivity contribution in [2.45, 2.75) is 52.1 Å². The van der Waals surface area contributed by atoms with E-state index in [0.717, 1.165) is 16.9 Å². The third-order valence-corrected chi connectivity index (χ3v) is 6.30. The Bertz CT molecular complexity index is 1280. The number of nitrogens with zero attached hydrogens (tertiary/aromatic N) is 3. The van der Waals surface area contributed by atoms with Crippen LogP contribution in [-0.2, 0) is 4.74 Å². The van der Waals surface area contributed by atoms with E-state index in [0.29, 0.717) is 37.2 Å². The molecule has 0 unspecified atom stereocenters. The molecular formula is C27H30ClFN4O3. The Labute approximate surface area is 215 Å². The minimum absolute atomic E-state index is 0.00995. The lowest BCUT2D eigenvalue weighted by Gasteiger charge is -2.34. The molecule has 0 bridgehead atoms. The van der Waals surface area contributed by atoms with Crippen molar-refractivity contribution in [3.05, 3.63) is 76.3 Å². The van der Waals surface area contributed by atoms with Crippen LogP contribution in [0.15, 0.2) is 48.7 Å². The largest absolute Gasteiger partial charge is 0.444 e. The maximum atomic E-state index is 13.6. The third kappa shape index (κ3) is 5.87. The molecule has 0 saturated carbocycles. The van der Waals surface area contributed by atoms with Gasteiger partial charge < -0.3 is 15.0 Å². The minimum Gasteiger partial charge on any atom is -0.444 e. The van der Waals surface area contributed by atoms with Crippen molar-refractivity contribution >= 4 is 29.3 Å². The van der Waals surface area contributed by atoms with Crippen molar-refractivity contribution in [3.8, 4) is 5.69 Å². The molecule has 2 heterocycles.